The second-order valence-corrected chi connectivity index (χ2v) is 4.06. The normalized spacial score (nSPS) is 15.2. The van der Waals surface area contributed by atoms with Crippen molar-refractivity contribution in [2.45, 2.75) is 32.3 Å². The Hall–Kier alpha value is -1.27. The van der Waals surface area contributed by atoms with Crippen LogP contribution in [0.1, 0.15) is 25.5 Å². The van der Waals surface area contributed by atoms with E-state index in [4.69, 9.17) is 5.11 Å². The fraction of sp³-hybridized carbons (Fsp3) is 0.500. The quantitative estimate of drug-likeness (QED) is 0.858. The van der Waals surface area contributed by atoms with Gasteiger partial charge in [-0.15, -0.1) is 13.2 Å². The highest BCUT2D eigenvalue weighted by atomic mass is 19.4. The van der Waals surface area contributed by atoms with Crippen molar-refractivity contribution in [1.82, 2.24) is 5.32 Å². The number of hydrogen-bond donors (Lipinski definition) is 2. The van der Waals surface area contributed by atoms with Crippen LogP contribution in [0, 0.1) is 0 Å². The average Bonchev–Trinajstić information content (AvgIpc) is 2.27. The Bertz CT molecular complexity index is 382. The summed E-state index contributed by atoms with van der Waals surface area (Å²) in [5.41, 5.74) is 0.398. The molecule has 0 aliphatic carbocycles. The van der Waals surface area contributed by atoms with Crippen molar-refractivity contribution in [1.29, 1.82) is 0 Å². The number of hydrogen-bond acceptors (Lipinski definition) is 3. The maximum atomic E-state index is 12.2. The molecule has 2 atom stereocenters. The lowest BCUT2D eigenvalue weighted by atomic mass is 10.1. The summed E-state index contributed by atoms with van der Waals surface area (Å²) < 4.78 is 40.7. The predicted molar refractivity (Wildman–Crippen MR) is 61.2 cm³/mol. The molecule has 0 aliphatic rings. The van der Waals surface area contributed by atoms with E-state index in [1.165, 1.54) is 12.1 Å². The third-order valence-electron chi connectivity index (χ3n) is 2.42. The molecule has 1 aromatic carbocycles. The summed E-state index contributed by atoms with van der Waals surface area (Å²) in [4.78, 5) is 0. The fourth-order valence-corrected chi connectivity index (χ4v) is 1.63. The van der Waals surface area contributed by atoms with Gasteiger partial charge in [-0.2, -0.15) is 0 Å². The Balaban J connectivity index is 2.87. The lowest BCUT2D eigenvalue weighted by Gasteiger charge is -2.21. The highest BCUT2D eigenvalue weighted by Crippen LogP contribution is 2.30. The Kier molecular flexibility index (Phi) is 4.98. The van der Waals surface area contributed by atoms with Gasteiger partial charge < -0.3 is 15.2 Å². The summed E-state index contributed by atoms with van der Waals surface area (Å²) in [6, 6.07) is 5.38. The van der Waals surface area contributed by atoms with Gasteiger partial charge in [-0.1, -0.05) is 18.2 Å². The number of halogens is 3. The highest BCUT2D eigenvalue weighted by molar-refractivity contribution is 5.35. The number of aliphatic hydroxyl groups is 1. The summed E-state index contributed by atoms with van der Waals surface area (Å²) in [6.45, 7) is 3.36. The summed E-state index contributed by atoms with van der Waals surface area (Å²) in [6.07, 6.45) is -4.71. The van der Waals surface area contributed by atoms with Gasteiger partial charge in [0.15, 0.2) is 0 Å². The standard InChI is InChI=1S/C12H16F3NO2/c1-8(7-17)16-9(2)10-5-3-4-6-11(10)18-12(13,14)15/h3-6,8-9,16-17H,7H2,1-2H3/t8-,9+/m1/s1. The molecule has 0 fully saturated rings. The Morgan fingerprint density at radius 3 is 2.44 bits per heavy atom. The molecule has 0 heterocycles. The topological polar surface area (TPSA) is 41.5 Å². The molecule has 0 aliphatic heterocycles. The van der Waals surface area contributed by atoms with Crippen molar-refractivity contribution >= 4 is 0 Å². The molecular weight excluding hydrogens is 247 g/mol. The molecular formula is C12H16F3NO2. The molecule has 6 heteroatoms. The second kappa shape index (κ2) is 6.06. The Morgan fingerprint density at radius 2 is 1.89 bits per heavy atom. The zero-order valence-corrected chi connectivity index (χ0v) is 10.2. The SMILES string of the molecule is C[C@H](CO)N[C@@H](C)c1ccccc1OC(F)(F)F. The maximum absolute atomic E-state index is 12.2. The van der Waals surface area contributed by atoms with Gasteiger partial charge in [0.2, 0.25) is 0 Å². The Morgan fingerprint density at radius 1 is 1.28 bits per heavy atom. The van der Waals surface area contributed by atoms with E-state index >= 15 is 0 Å². The van der Waals surface area contributed by atoms with Gasteiger partial charge >= 0.3 is 6.36 Å². The molecule has 0 bridgehead atoms. The van der Waals surface area contributed by atoms with Crippen LogP contribution >= 0.6 is 0 Å². The van der Waals surface area contributed by atoms with E-state index in [1.54, 1.807) is 26.0 Å². The lowest BCUT2D eigenvalue weighted by molar-refractivity contribution is -0.275. The van der Waals surface area contributed by atoms with Crippen molar-refractivity contribution in [2.75, 3.05) is 6.61 Å². The molecule has 1 aromatic rings. The van der Waals surface area contributed by atoms with Crippen LogP contribution in [0.25, 0.3) is 0 Å². The van der Waals surface area contributed by atoms with Crippen LogP contribution < -0.4 is 10.1 Å². The molecule has 0 saturated carbocycles. The van der Waals surface area contributed by atoms with E-state index in [0.717, 1.165) is 0 Å². The predicted octanol–water partition coefficient (Wildman–Crippen LogP) is 2.62. The maximum Gasteiger partial charge on any atom is 0.573 e. The van der Waals surface area contributed by atoms with Gasteiger partial charge in [0, 0.05) is 17.6 Å². The largest absolute Gasteiger partial charge is 0.573 e. The first kappa shape index (κ1) is 14.8. The molecule has 0 amide bonds. The smallest absolute Gasteiger partial charge is 0.405 e. The summed E-state index contributed by atoms with van der Waals surface area (Å²) in [7, 11) is 0. The average molecular weight is 263 g/mol. The van der Waals surface area contributed by atoms with Crippen LogP contribution in [0.5, 0.6) is 5.75 Å². The van der Waals surface area contributed by atoms with Gasteiger partial charge in [0.05, 0.1) is 6.61 Å². The minimum Gasteiger partial charge on any atom is -0.405 e. The molecule has 1 rings (SSSR count). The highest BCUT2D eigenvalue weighted by Gasteiger charge is 2.32. The van der Waals surface area contributed by atoms with Crippen LogP contribution in [0.2, 0.25) is 0 Å². The van der Waals surface area contributed by atoms with E-state index in [9.17, 15) is 13.2 Å². The number of para-hydroxylation sites is 1. The van der Waals surface area contributed by atoms with E-state index in [1.807, 2.05) is 0 Å². The molecule has 18 heavy (non-hydrogen) atoms. The van der Waals surface area contributed by atoms with Crippen LogP contribution in [0.15, 0.2) is 24.3 Å². The van der Waals surface area contributed by atoms with Crippen molar-refractivity contribution in [3.8, 4) is 5.75 Å². The van der Waals surface area contributed by atoms with E-state index in [0.29, 0.717) is 5.56 Å². The lowest BCUT2D eigenvalue weighted by Crippen LogP contribution is -2.32. The van der Waals surface area contributed by atoms with Crippen LogP contribution in [-0.2, 0) is 0 Å². The number of aliphatic hydroxyl groups excluding tert-OH is 1. The van der Waals surface area contributed by atoms with E-state index < -0.39 is 6.36 Å². The first-order valence-corrected chi connectivity index (χ1v) is 5.55. The molecule has 3 nitrogen and oxygen atoms in total. The van der Waals surface area contributed by atoms with E-state index in [2.05, 4.69) is 10.1 Å². The van der Waals surface area contributed by atoms with Crippen LogP contribution in [0.3, 0.4) is 0 Å². The van der Waals surface area contributed by atoms with Gasteiger partial charge in [-0.25, -0.2) is 0 Å². The summed E-state index contributed by atoms with van der Waals surface area (Å²) >= 11 is 0. The van der Waals surface area contributed by atoms with Crippen molar-refractivity contribution in [3.05, 3.63) is 29.8 Å². The molecule has 0 radical (unpaired) electrons. The van der Waals surface area contributed by atoms with Crippen molar-refractivity contribution < 1.29 is 23.0 Å². The van der Waals surface area contributed by atoms with Gasteiger partial charge in [-0.05, 0) is 19.9 Å². The number of ether oxygens (including phenoxy) is 1. The van der Waals surface area contributed by atoms with Gasteiger partial charge in [0.25, 0.3) is 0 Å². The second-order valence-electron chi connectivity index (χ2n) is 4.06. The molecule has 2 N–H and O–H groups in total. The molecule has 0 aromatic heterocycles. The number of nitrogens with one attached hydrogen (secondary N) is 1. The molecule has 0 spiro atoms. The first-order valence-electron chi connectivity index (χ1n) is 5.55. The number of benzene rings is 1. The third kappa shape index (κ3) is 4.54. The zero-order valence-electron chi connectivity index (χ0n) is 10.2. The minimum absolute atomic E-state index is 0.0906. The van der Waals surface area contributed by atoms with Crippen LogP contribution in [-0.4, -0.2) is 24.1 Å². The molecule has 0 unspecified atom stereocenters. The summed E-state index contributed by atoms with van der Waals surface area (Å²) in [5.74, 6) is -0.227. The van der Waals surface area contributed by atoms with Crippen molar-refractivity contribution in [3.63, 3.8) is 0 Å². The van der Waals surface area contributed by atoms with E-state index in [-0.39, 0.29) is 24.4 Å². The zero-order chi connectivity index (χ0) is 13.8. The first-order chi connectivity index (χ1) is 8.33. The molecule has 102 valence electrons. The Labute approximate surface area is 104 Å². The third-order valence-corrected chi connectivity index (χ3v) is 2.42. The minimum atomic E-state index is -4.71. The fourth-order valence-electron chi connectivity index (χ4n) is 1.63. The summed E-state index contributed by atoms with van der Waals surface area (Å²) in [5, 5.41) is 11.9. The monoisotopic (exact) mass is 263 g/mol. The van der Waals surface area contributed by atoms with Gasteiger partial charge in [0.1, 0.15) is 5.75 Å². The molecule has 0 saturated heterocycles. The number of alkyl halides is 3. The van der Waals surface area contributed by atoms with Crippen molar-refractivity contribution in [2.24, 2.45) is 0 Å². The van der Waals surface area contributed by atoms with Crippen LogP contribution in [0.4, 0.5) is 13.2 Å². The van der Waals surface area contributed by atoms with Gasteiger partial charge in [-0.3, -0.25) is 0 Å². The number of rotatable bonds is 5.